The van der Waals surface area contributed by atoms with Crippen molar-refractivity contribution in [2.24, 2.45) is 5.73 Å². The van der Waals surface area contributed by atoms with E-state index in [-0.39, 0.29) is 24.0 Å². The number of rotatable bonds is 2. The number of amidine groups is 1. The molecule has 0 aliphatic heterocycles. The highest BCUT2D eigenvalue weighted by Gasteiger charge is 2.36. The first-order valence-electron chi connectivity index (χ1n) is 4.61. The van der Waals surface area contributed by atoms with Crippen molar-refractivity contribution in [1.82, 2.24) is 0 Å². The van der Waals surface area contributed by atoms with Crippen molar-refractivity contribution in [3.8, 4) is 0 Å². The Hall–Kier alpha value is -1.44. The van der Waals surface area contributed by atoms with Crippen LogP contribution in [0.15, 0.2) is 18.2 Å². The molecule has 0 spiro atoms. The van der Waals surface area contributed by atoms with Gasteiger partial charge in [0.15, 0.2) is 0 Å². The lowest BCUT2D eigenvalue weighted by Crippen LogP contribution is -2.16. The van der Waals surface area contributed by atoms with E-state index in [4.69, 9.17) is 11.1 Å². The molecule has 9 heteroatoms. The minimum absolute atomic E-state index is 0. The van der Waals surface area contributed by atoms with Gasteiger partial charge in [0.05, 0.1) is 17.0 Å². The number of halogens is 7. The number of alkyl halides is 6. The van der Waals surface area contributed by atoms with Crippen LogP contribution in [0.4, 0.5) is 26.3 Å². The molecule has 0 fully saturated rings. The molecule has 0 saturated heterocycles. The number of hydrogen-bond donors (Lipinski definition) is 2. The monoisotopic (exact) mass is 306 g/mol. The minimum Gasteiger partial charge on any atom is -0.387 e. The lowest BCUT2D eigenvalue weighted by atomic mass is 10.0. The zero-order valence-corrected chi connectivity index (χ0v) is 10.0. The molecular formula is C10H9ClF6N2. The zero-order chi connectivity index (χ0) is 14.1. The molecule has 0 amide bonds. The fraction of sp³-hybridized carbons (Fsp3) is 0.300. The topological polar surface area (TPSA) is 49.9 Å². The van der Waals surface area contributed by atoms with Gasteiger partial charge in [0, 0.05) is 6.42 Å². The standard InChI is InChI=1S/C10H8F6N2.ClH/c11-9(12,13)6-1-5(3-8(17)18)2-7(4-6)10(14,15)16;/h1-2,4H,3H2,(H3,17,18);1H. The Morgan fingerprint density at radius 1 is 0.947 bits per heavy atom. The van der Waals surface area contributed by atoms with Gasteiger partial charge in [-0.1, -0.05) is 0 Å². The van der Waals surface area contributed by atoms with Crippen molar-refractivity contribution in [3.63, 3.8) is 0 Å². The fourth-order valence-electron chi connectivity index (χ4n) is 1.34. The smallest absolute Gasteiger partial charge is 0.387 e. The summed E-state index contributed by atoms with van der Waals surface area (Å²) in [6, 6.07) is 1.14. The summed E-state index contributed by atoms with van der Waals surface area (Å²) in [6.07, 6.45) is -10.2. The Morgan fingerprint density at radius 3 is 1.58 bits per heavy atom. The molecule has 19 heavy (non-hydrogen) atoms. The summed E-state index contributed by atoms with van der Waals surface area (Å²) in [6.45, 7) is 0. The molecule has 108 valence electrons. The van der Waals surface area contributed by atoms with Crippen LogP contribution < -0.4 is 5.73 Å². The SMILES string of the molecule is Cl.N=C(N)Cc1cc(C(F)(F)F)cc(C(F)(F)F)c1. The minimum atomic E-state index is -4.88. The number of benzene rings is 1. The highest BCUT2D eigenvalue weighted by atomic mass is 35.5. The van der Waals surface area contributed by atoms with Crippen molar-refractivity contribution < 1.29 is 26.3 Å². The van der Waals surface area contributed by atoms with Gasteiger partial charge in [0.25, 0.3) is 0 Å². The first-order chi connectivity index (χ1) is 8.00. The molecule has 0 aliphatic carbocycles. The first-order valence-corrected chi connectivity index (χ1v) is 4.61. The van der Waals surface area contributed by atoms with Crippen molar-refractivity contribution >= 4 is 18.2 Å². The Labute approximate surface area is 110 Å². The average Bonchev–Trinajstić information content (AvgIpc) is 2.13. The maximum Gasteiger partial charge on any atom is 0.416 e. The van der Waals surface area contributed by atoms with Crippen molar-refractivity contribution in [2.75, 3.05) is 0 Å². The second kappa shape index (κ2) is 5.68. The van der Waals surface area contributed by atoms with Crippen LogP contribution in [0, 0.1) is 5.41 Å². The number of hydrogen-bond acceptors (Lipinski definition) is 1. The van der Waals surface area contributed by atoms with Gasteiger partial charge in [-0.25, -0.2) is 0 Å². The Bertz CT molecular complexity index is 434. The van der Waals surface area contributed by atoms with Crippen molar-refractivity contribution in [2.45, 2.75) is 18.8 Å². The van der Waals surface area contributed by atoms with Crippen LogP contribution in [0.2, 0.25) is 0 Å². The molecule has 3 N–H and O–H groups in total. The van der Waals surface area contributed by atoms with Crippen LogP contribution in [0.1, 0.15) is 16.7 Å². The van der Waals surface area contributed by atoms with E-state index < -0.39 is 35.7 Å². The fourth-order valence-corrected chi connectivity index (χ4v) is 1.34. The van der Waals surface area contributed by atoms with Gasteiger partial charge in [-0.2, -0.15) is 26.3 Å². The quantitative estimate of drug-likeness (QED) is 0.489. The predicted octanol–water partition coefficient (Wildman–Crippen LogP) is 3.62. The molecule has 0 unspecified atom stereocenters. The van der Waals surface area contributed by atoms with Crippen LogP contribution in [0.25, 0.3) is 0 Å². The lowest BCUT2D eigenvalue weighted by molar-refractivity contribution is -0.143. The third-order valence-electron chi connectivity index (χ3n) is 2.04. The molecule has 0 radical (unpaired) electrons. The van der Waals surface area contributed by atoms with Gasteiger partial charge in [0.2, 0.25) is 0 Å². The molecule has 0 saturated carbocycles. The van der Waals surface area contributed by atoms with E-state index in [1.165, 1.54) is 0 Å². The van der Waals surface area contributed by atoms with Crippen molar-refractivity contribution in [1.29, 1.82) is 5.41 Å². The van der Waals surface area contributed by atoms with Crippen LogP contribution >= 0.6 is 12.4 Å². The van der Waals surface area contributed by atoms with Gasteiger partial charge >= 0.3 is 12.4 Å². The van der Waals surface area contributed by atoms with Crippen LogP contribution in [-0.4, -0.2) is 5.84 Å². The highest BCUT2D eigenvalue weighted by molar-refractivity contribution is 5.85. The molecule has 1 rings (SSSR count). The Kier molecular flexibility index (Phi) is 5.25. The van der Waals surface area contributed by atoms with E-state index in [0.29, 0.717) is 12.1 Å². The molecule has 0 aromatic heterocycles. The summed E-state index contributed by atoms with van der Waals surface area (Å²) in [5.41, 5.74) is 1.84. The van der Waals surface area contributed by atoms with E-state index in [0.717, 1.165) is 0 Å². The van der Waals surface area contributed by atoms with Crippen LogP contribution in [0.3, 0.4) is 0 Å². The first kappa shape index (κ1) is 17.6. The second-order valence-electron chi connectivity index (χ2n) is 3.62. The molecule has 2 nitrogen and oxygen atoms in total. The molecule has 0 aliphatic rings. The van der Waals surface area contributed by atoms with Crippen molar-refractivity contribution in [3.05, 3.63) is 34.9 Å². The zero-order valence-electron chi connectivity index (χ0n) is 9.19. The van der Waals surface area contributed by atoms with Crippen LogP contribution in [-0.2, 0) is 18.8 Å². The van der Waals surface area contributed by atoms with Gasteiger partial charge in [-0.15, -0.1) is 12.4 Å². The molecule has 1 aromatic rings. The third-order valence-corrected chi connectivity index (χ3v) is 2.04. The van der Waals surface area contributed by atoms with E-state index in [2.05, 4.69) is 0 Å². The summed E-state index contributed by atoms with van der Waals surface area (Å²) in [7, 11) is 0. The Balaban J connectivity index is 0.00000324. The van der Waals surface area contributed by atoms with Crippen LogP contribution in [0.5, 0.6) is 0 Å². The maximum absolute atomic E-state index is 12.4. The number of nitrogens with two attached hydrogens (primary N) is 1. The summed E-state index contributed by atoms with van der Waals surface area (Å²) < 4.78 is 74.5. The predicted molar refractivity (Wildman–Crippen MR) is 59.3 cm³/mol. The Morgan fingerprint density at radius 2 is 1.32 bits per heavy atom. The second-order valence-corrected chi connectivity index (χ2v) is 3.62. The molecule has 0 bridgehead atoms. The summed E-state index contributed by atoms with van der Waals surface area (Å²) in [4.78, 5) is 0. The molecule has 0 atom stereocenters. The lowest BCUT2D eigenvalue weighted by Gasteiger charge is -2.13. The normalized spacial score (nSPS) is 11.9. The largest absolute Gasteiger partial charge is 0.416 e. The summed E-state index contributed by atoms with van der Waals surface area (Å²) in [5.74, 6) is -0.512. The highest BCUT2D eigenvalue weighted by Crippen LogP contribution is 2.36. The third kappa shape index (κ3) is 4.98. The summed E-state index contributed by atoms with van der Waals surface area (Å²) >= 11 is 0. The average molecular weight is 307 g/mol. The van der Waals surface area contributed by atoms with E-state index in [9.17, 15) is 26.3 Å². The van der Waals surface area contributed by atoms with E-state index >= 15 is 0 Å². The maximum atomic E-state index is 12.4. The van der Waals surface area contributed by atoms with E-state index in [1.807, 2.05) is 0 Å². The molecule has 1 aromatic carbocycles. The molecular weight excluding hydrogens is 298 g/mol. The van der Waals surface area contributed by atoms with E-state index in [1.54, 1.807) is 0 Å². The van der Waals surface area contributed by atoms with Gasteiger partial charge in [-0.05, 0) is 23.8 Å². The van der Waals surface area contributed by atoms with Gasteiger partial charge in [-0.3, -0.25) is 5.41 Å². The molecule has 0 heterocycles. The number of nitrogens with one attached hydrogen (secondary N) is 1. The summed E-state index contributed by atoms with van der Waals surface area (Å²) in [5, 5.41) is 6.90. The van der Waals surface area contributed by atoms with Gasteiger partial charge < -0.3 is 5.73 Å². The van der Waals surface area contributed by atoms with Gasteiger partial charge in [0.1, 0.15) is 0 Å².